The highest BCUT2D eigenvalue weighted by molar-refractivity contribution is 5.76. The minimum atomic E-state index is -0.159. The van der Waals surface area contributed by atoms with Crippen molar-refractivity contribution in [3.05, 3.63) is 21.9 Å². The lowest BCUT2D eigenvalue weighted by molar-refractivity contribution is 0.679. The lowest BCUT2D eigenvalue weighted by atomic mass is 10.1. The molecule has 2 N–H and O–H groups in total. The van der Waals surface area contributed by atoms with Gasteiger partial charge in [-0.2, -0.15) is 5.10 Å². The number of fused-ring (bicyclic) bond motifs is 1. The van der Waals surface area contributed by atoms with E-state index in [1.807, 2.05) is 0 Å². The van der Waals surface area contributed by atoms with Gasteiger partial charge in [-0.15, -0.1) is 0 Å². The van der Waals surface area contributed by atoms with Crippen molar-refractivity contribution >= 4 is 11.0 Å². The Morgan fingerprint density at radius 3 is 2.53 bits per heavy atom. The van der Waals surface area contributed by atoms with Crippen LogP contribution in [0.4, 0.5) is 0 Å². The highest BCUT2D eigenvalue weighted by Gasteiger charge is 2.16. The van der Waals surface area contributed by atoms with Crippen molar-refractivity contribution in [2.45, 2.75) is 46.0 Å². The molecule has 92 valence electrons. The Hall–Kier alpha value is -1.65. The van der Waals surface area contributed by atoms with Gasteiger partial charge in [0.25, 0.3) is 5.56 Å². The predicted octanol–water partition coefficient (Wildman–Crippen LogP) is 2.28. The molecular formula is C12H18N4O. The van der Waals surface area contributed by atoms with Crippen LogP contribution in [-0.4, -0.2) is 20.2 Å². The maximum atomic E-state index is 11.9. The summed E-state index contributed by atoms with van der Waals surface area (Å²) in [6, 6.07) is 0. The van der Waals surface area contributed by atoms with Crippen molar-refractivity contribution in [2.24, 2.45) is 0 Å². The molecule has 2 rings (SSSR count). The first kappa shape index (κ1) is 11.8. The van der Waals surface area contributed by atoms with E-state index in [2.05, 4.69) is 47.9 Å². The maximum Gasteiger partial charge on any atom is 0.279 e. The SMILES string of the molecule is CC[C@@H](C)c1nc2c(C(C)C)[nH]nc2c(=O)[nH]1. The molecule has 17 heavy (non-hydrogen) atoms. The van der Waals surface area contributed by atoms with Gasteiger partial charge in [0.05, 0.1) is 5.69 Å². The van der Waals surface area contributed by atoms with Crippen molar-refractivity contribution in [2.75, 3.05) is 0 Å². The summed E-state index contributed by atoms with van der Waals surface area (Å²) in [4.78, 5) is 19.2. The van der Waals surface area contributed by atoms with E-state index in [-0.39, 0.29) is 17.4 Å². The summed E-state index contributed by atoms with van der Waals surface area (Å²) in [5.74, 6) is 1.27. The minimum absolute atomic E-state index is 0.159. The molecule has 0 bridgehead atoms. The van der Waals surface area contributed by atoms with E-state index in [9.17, 15) is 4.79 Å². The Morgan fingerprint density at radius 2 is 1.94 bits per heavy atom. The van der Waals surface area contributed by atoms with Crippen molar-refractivity contribution in [3.8, 4) is 0 Å². The zero-order chi connectivity index (χ0) is 12.6. The normalized spacial score (nSPS) is 13.5. The fourth-order valence-electron chi connectivity index (χ4n) is 1.77. The molecule has 0 saturated heterocycles. The quantitative estimate of drug-likeness (QED) is 0.855. The van der Waals surface area contributed by atoms with Gasteiger partial charge in [0.15, 0.2) is 5.52 Å². The van der Waals surface area contributed by atoms with Gasteiger partial charge in [0, 0.05) is 5.92 Å². The third-order valence-corrected chi connectivity index (χ3v) is 3.11. The van der Waals surface area contributed by atoms with Crippen LogP contribution in [0.25, 0.3) is 11.0 Å². The molecule has 0 aromatic carbocycles. The Kier molecular flexibility index (Phi) is 3.00. The average Bonchev–Trinajstić information content (AvgIpc) is 2.72. The number of nitrogens with one attached hydrogen (secondary N) is 2. The Morgan fingerprint density at radius 1 is 1.24 bits per heavy atom. The summed E-state index contributed by atoms with van der Waals surface area (Å²) in [7, 11) is 0. The molecule has 2 aromatic rings. The van der Waals surface area contributed by atoms with Gasteiger partial charge in [0.2, 0.25) is 0 Å². The first-order valence-corrected chi connectivity index (χ1v) is 6.02. The molecule has 0 aliphatic rings. The van der Waals surface area contributed by atoms with Gasteiger partial charge in [-0.05, 0) is 12.3 Å². The molecule has 5 nitrogen and oxygen atoms in total. The van der Waals surface area contributed by atoms with E-state index in [0.717, 1.165) is 17.9 Å². The Labute approximate surface area is 99.7 Å². The molecule has 2 heterocycles. The molecule has 2 aromatic heterocycles. The zero-order valence-electron chi connectivity index (χ0n) is 10.7. The Bertz CT molecular complexity index is 582. The van der Waals surface area contributed by atoms with E-state index in [4.69, 9.17) is 0 Å². The highest BCUT2D eigenvalue weighted by atomic mass is 16.1. The molecule has 0 radical (unpaired) electrons. The van der Waals surface area contributed by atoms with Crippen LogP contribution in [0.1, 0.15) is 57.5 Å². The van der Waals surface area contributed by atoms with Crippen LogP contribution in [0, 0.1) is 0 Å². The van der Waals surface area contributed by atoms with Crippen LogP contribution in [0.3, 0.4) is 0 Å². The minimum Gasteiger partial charge on any atom is -0.308 e. The summed E-state index contributed by atoms with van der Waals surface area (Å²) in [5.41, 5.74) is 1.88. The Balaban J connectivity index is 2.69. The number of hydrogen-bond donors (Lipinski definition) is 2. The van der Waals surface area contributed by atoms with Crippen LogP contribution in [-0.2, 0) is 0 Å². The molecule has 0 spiro atoms. The number of rotatable bonds is 3. The molecule has 0 fully saturated rings. The number of aromatic nitrogens is 4. The smallest absolute Gasteiger partial charge is 0.279 e. The first-order chi connectivity index (χ1) is 8.04. The van der Waals surface area contributed by atoms with Crippen LogP contribution in [0.5, 0.6) is 0 Å². The first-order valence-electron chi connectivity index (χ1n) is 6.02. The third-order valence-electron chi connectivity index (χ3n) is 3.11. The average molecular weight is 234 g/mol. The number of aromatic amines is 2. The second-order valence-corrected chi connectivity index (χ2v) is 4.75. The molecule has 5 heteroatoms. The molecule has 1 atom stereocenters. The zero-order valence-corrected chi connectivity index (χ0v) is 10.7. The second kappa shape index (κ2) is 4.31. The maximum absolute atomic E-state index is 11.9. The monoisotopic (exact) mass is 234 g/mol. The van der Waals surface area contributed by atoms with E-state index >= 15 is 0 Å². The van der Waals surface area contributed by atoms with Crippen LogP contribution in [0.2, 0.25) is 0 Å². The van der Waals surface area contributed by atoms with Crippen molar-refractivity contribution in [3.63, 3.8) is 0 Å². The van der Waals surface area contributed by atoms with Crippen LogP contribution < -0.4 is 5.56 Å². The molecule has 0 unspecified atom stereocenters. The lowest BCUT2D eigenvalue weighted by Gasteiger charge is -2.07. The third kappa shape index (κ3) is 1.97. The number of nitrogens with zero attached hydrogens (tertiary/aromatic N) is 2. The molecular weight excluding hydrogens is 216 g/mol. The standard InChI is InChI=1S/C12H18N4O/c1-5-7(4)11-13-9-8(6(2)3)15-16-10(9)12(17)14-11/h6-7H,5H2,1-4H3,(H,15,16)(H,13,14,17)/t7-/m1/s1. The van der Waals surface area contributed by atoms with Gasteiger partial charge in [-0.25, -0.2) is 4.98 Å². The molecule has 0 aliphatic carbocycles. The van der Waals surface area contributed by atoms with Gasteiger partial charge in [-0.3, -0.25) is 9.89 Å². The summed E-state index contributed by atoms with van der Waals surface area (Å²) in [5, 5.41) is 6.94. The topological polar surface area (TPSA) is 74.4 Å². The van der Waals surface area contributed by atoms with Gasteiger partial charge in [-0.1, -0.05) is 27.7 Å². The second-order valence-electron chi connectivity index (χ2n) is 4.75. The van der Waals surface area contributed by atoms with E-state index < -0.39 is 0 Å². The molecule has 0 amide bonds. The van der Waals surface area contributed by atoms with Crippen LogP contribution in [0.15, 0.2) is 4.79 Å². The summed E-state index contributed by atoms with van der Waals surface area (Å²) >= 11 is 0. The fraction of sp³-hybridized carbons (Fsp3) is 0.583. The van der Waals surface area contributed by atoms with Crippen molar-refractivity contribution in [1.29, 1.82) is 0 Å². The number of H-pyrrole nitrogens is 2. The summed E-state index contributed by atoms with van der Waals surface area (Å²) in [6.45, 7) is 8.24. The largest absolute Gasteiger partial charge is 0.308 e. The van der Waals surface area contributed by atoms with E-state index in [0.29, 0.717) is 11.0 Å². The van der Waals surface area contributed by atoms with Gasteiger partial charge >= 0.3 is 0 Å². The van der Waals surface area contributed by atoms with Gasteiger partial charge < -0.3 is 4.98 Å². The molecule has 0 aliphatic heterocycles. The number of hydrogen-bond acceptors (Lipinski definition) is 3. The van der Waals surface area contributed by atoms with Crippen LogP contribution >= 0.6 is 0 Å². The van der Waals surface area contributed by atoms with E-state index in [1.165, 1.54) is 0 Å². The fourth-order valence-corrected chi connectivity index (χ4v) is 1.77. The highest BCUT2D eigenvalue weighted by Crippen LogP contribution is 2.21. The van der Waals surface area contributed by atoms with Crippen molar-refractivity contribution in [1.82, 2.24) is 20.2 Å². The molecule has 0 saturated carbocycles. The van der Waals surface area contributed by atoms with Gasteiger partial charge in [0.1, 0.15) is 11.3 Å². The van der Waals surface area contributed by atoms with Crippen molar-refractivity contribution < 1.29 is 0 Å². The lowest BCUT2D eigenvalue weighted by Crippen LogP contribution is -2.13. The summed E-state index contributed by atoms with van der Waals surface area (Å²) < 4.78 is 0. The van der Waals surface area contributed by atoms with E-state index in [1.54, 1.807) is 0 Å². The predicted molar refractivity (Wildman–Crippen MR) is 67.3 cm³/mol. The summed E-state index contributed by atoms with van der Waals surface area (Å²) in [6.07, 6.45) is 0.948.